The number of imidazole rings is 1. The largest absolute Gasteiger partial charge is 0.289 e. The number of benzene rings is 3. The van der Waals surface area contributed by atoms with Gasteiger partial charge in [0.05, 0.1) is 28.3 Å². The van der Waals surface area contributed by atoms with Crippen LogP contribution in [0.25, 0.3) is 60.7 Å². The van der Waals surface area contributed by atoms with E-state index in [1.54, 1.807) is 0 Å². The maximum absolute atomic E-state index is 5.13. The van der Waals surface area contributed by atoms with E-state index < -0.39 is 0 Å². The van der Waals surface area contributed by atoms with Crippen molar-refractivity contribution < 1.29 is 0 Å². The minimum absolute atomic E-state index is 0.918. The second-order valence-corrected chi connectivity index (χ2v) is 9.66. The smallest absolute Gasteiger partial charge is 0.146 e. The van der Waals surface area contributed by atoms with Crippen LogP contribution >= 0.6 is 0 Å². The van der Waals surface area contributed by atoms with E-state index in [4.69, 9.17) is 9.97 Å². The molecule has 0 N–H and O–H groups in total. The second-order valence-electron chi connectivity index (χ2n) is 9.66. The average Bonchev–Trinajstić information content (AvgIpc) is 3.59. The molecule has 0 radical (unpaired) electrons. The second kappa shape index (κ2) is 6.10. The molecule has 3 aromatic carbocycles. The van der Waals surface area contributed by atoms with Crippen molar-refractivity contribution >= 4 is 38.5 Å². The van der Waals surface area contributed by atoms with Gasteiger partial charge in [0, 0.05) is 23.2 Å². The number of hydrogen-bond donors (Lipinski definition) is 0. The first-order valence-electron chi connectivity index (χ1n) is 12.0. The van der Waals surface area contributed by atoms with E-state index in [1.807, 2.05) is 30.7 Å². The van der Waals surface area contributed by atoms with E-state index in [2.05, 4.69) is 64.0 Å². The first-order chi connectivity index (χ1) is 17.4. The maximum atomic E-state index is 5.13. The zero-order valence-corrected chi connectivity index (χ0v) is 18.8. The maximum Gasteiger partial charge on any atom is 0.146 e. The molecular formula is C31H18N4. The molecule has 0 saturated heterocycles. The Morgan fingerprint density at radius 3 is 2.60 bits per heavy atom. The molecular weight excluding hydrogens is 428 g/mol. The van der Waals surface area contributed by atoms with E-state index >= 15 is 0 Å². The fourth-order valence-corrected chi connectivity index (χ4v) is 6.57. The molecule has 0 bridgehead atoms. The summed E-state index contributed by atoms with van der Waals surface area (Å²) in [7, 11) is 0. The van der Waals surface area contributed by atoms with Crippen LogP contribution in [0.4, 0.5) is 0 Å². The van der Waals surface area contributed by atoms with Gasteiger partial charge in [-0.05, 0) is 75.5 Å². The van der Waals surface area contributed by atoms with E-state index in [0.717, 1.165) is 40.6 Å². The lowest BCUT2D eigenvalue weighted by Crippen LogP contribution is -1.96. The molecule has 4 heterocycles. The van der Waals surface area contributed by atoms with Crippen molar-refractivity contribution in [1.29, 1.82) is 0 Å². The van der Waals surface area contributed by atoms with Crippen LogP contribution in [0.3, 0.4) is 0 Å². The number of fused-ring (bicyclic) bond motifs is 16. The molecule has 9 rings (SSSR count). The number of hydrogen-bond acceptors (Lipinski definition) is 3. The minimum Gasteiger partial charge on any atom is -0.289 e. The molecule has 0 aliphatic heterocycles. The number of pyridine rings is 3. The Kier molecular flexibility index (Phi) is 3.11. The molecule has 0 saturated carbocycles. The molecule has 2 aliphatic carbocycles. The Bertz CT molecular complexity index is 2070. The highest BCUT2D eigenvalue weighted by atomic mass is 15.0. The molecule has 0 spiro atoms. The SMILES string of the molecule is c1ccc2c(c1)Cc1c-2ccc2c1-c1ccc3c4ncccc4n4c5cnccc5nc4c3c1C2. The fourth-order valence-electron chi connectivity index (χ4n) is 6.57. The quantitative estimate of drug-likeness (QED) is 0.243. The molecule has 0 atom stereocenters. The van der Waals surface area contributed by atoms with E-state index in [1.165, 1.54) is 55.3 Å². The summed E-state index contributed by atoms with van der Waals surface area (Å²) >= 11 is 0. The standard InChI is InChI=1S/C31H18N4/c1-2-5-19-17(4-1)14-23-20(19)8-7-18-15-24-21(28(18)23)9-10-22-29(24)31-34-25-11-13-32-16-27(25)35(31)26-6-3-12-33-30(22)26/h1-13,16H,14-15H2. The summed E-state index contributed by atoms with van der Waals surface area (Å²) in [5.74, 6) is 0. The number of aromatic nitrogens is 4. The molecule has 4 nitrogen and oxygen atoms in total. The summed E-state index contributed by atoms with van der Waals surface area (Å²) in [6.07, 6.45) is 7.53. The van der Waals surface area contributed by atoms with Gasteiger partial charge < -0.3 is 0 Å². The zero-order valence-electron chi connectivity index (χ0n) is 18.8. The Balaban J connectivity index is 1.44. The highest BCUT2D eigenvalue weighted by Gasteiger charge is 2.30. The topological polar surface area (TPSA) is 43.1 Å². The Morgan fingerprint density at radius 1 is 0.686 bits per heavy atom. The lowest BCUT2D eigenvalue weighted by Gasteiger charge is -2.12. The third-order valence-electron chi connectivity index (χ3n) is 7.99. The van der Waals surface area contributed by atoms with Crippen molar-refractivity contribution in [2.45, 2.75) is 12.8 Å². The van der Waals surface area contributed by atoms with Gasteiger partial charge in [-0.25, -0.2) is 4.98 Å². The summed E-state index contributed by atoms with van der Waals surface area (Å²) in [5.41, 5.74) is 16.3. The summed E-state index contributed by atoms with van der Waals surface area (Å²) in [4.78, 5) is 14.4. The van der Waals surface area contributed by atoms with Gasteiger partial charge in [0.15, 0.2) is 0 Å². The van der Waals surface area contributed by atoms with Crippen molar-refractivity contribution in [2.24, 2.45) is 0 Å². The summed E-state index contributed by atoms with van der Waals surface area (Å²) < 4.78 is 2.25. The van der Waals surface area contributed by atoms with E-state index in [0.29, 0.717) is 0 Å². The van der Waals surface area contributed by atoms with Crippen LogP contribution in [0, 0.1) is 0 Å². The molecule has 0 unspecified atom stereocenters. The van der Waals surface area contributed by atoms with E-state index in [9.17, 15) is 0 Å². The zero-order chi connectivity index (χ0) is 22.7. The van der Waals surface area contributed by atoms with Crippen LogP contribution < -0.4 is 0 Å². The van der Waals surface area contributed by atoms with Crippen molar-refractivity contribution in [3.05, 3.63) is 108 Å². The average molecular weight is 447 g/mol. The van der Waals surface area contributed by atoms with Gasteiger partial charge >= 0.3 is 0 Å². The summed E-state index contributed by atoms with van der Waals surface area (Å²) in [6, 6.07) is 24.2. The summed E-state index contributed by atoms with van der Waals surface area (Å²) in [5, 5.41) is 2.38. The van der Waals surface area contributed by atoms with Crippen molar-refractivity contribution in [3.63, 3.8) is 0 Å². The monoisotopic (exact) mass is 446 g/mol. The molecule has 4 heteroatoms. The lowest BCUT2D eigenvalue weighted by atomic mass is 9.94. The first-order valence-corrected chi connectivity index (χ1v) is 12.0. The van der Waals surface area contributed by atoms with Crippen LogP contribution in [0.5, 0.6) is 0 Å². The van der Waals surface area contributed by atoms with Gasteiger partial charge in [-0.3, -0.25) is 14.4 Å². The first kappa shape index (κ1) is 17.8. The van der Waals surface area contributed by atoms with Gasteiger partial charge in [0.2, 0.25) is 0 Å². The van der Waals surface area contributed by atoms with Crippen LogP contribution in [0.2, 0.25) is 0 Å². The van der Waals surface area contributed by atoms with Crippen LogP contribution in [-0.2, 0) is 12.8 Å². The van der Waals surface area contributed by atoms with Crippen LogP contribution in [0.1, 0.15) is 22.3 Å². The molecule has 0 fully saturated rings. The minimum atomic E-state index is 0.918. The normalized spacial score (nSPS) is 13.5. The van der Waals surface area contributed by atoms with Gasteiger partial charge in [0.1, 0.15) is 5.65 Å². The number of rotatable bonds is 0. The number of nitrogens with zero attached hydrogens (tertiary/aromatic N) is 4. The third kappa shape index (κ3) is 2.11. The van der Waals surface area contributed by atoms with Crippen LogP contribution in [-0.4, -0.2) is 19.4 Å². The van der Waals surface area contributed by atoms with Gasteiger partial charge in [-0.15, -0.1) is 0 Å². The van der Waals surface area contributed by atoms with Crippen molar-refractivity contribution in [2.75, 3.05) is 0 Å². The molecule has 35 heavy (non-hydrogen) atoms. The predicted octanol–water partition coefficient (Wildman–Crippen LogP) is 6.73. The van der Waals surface area contributed by atoms with E-state index in [-0.39, 0.29) is 0 Å². The van der Waals surface area contributed by atoms with Crippen LogP contribution in [0.15, 0.2) is 85.3 Å². The van der Waals surface area contributed by atoms with Crippen molar-refractivity contribution in [3.8, 4) is 22.3 Å². The molecule has 7 aromatic rings. The Hall–Kier alpha value is -4.57. The Labute approximate surface area is 200 Å². The molecule has 2 aliphatic rings. The summed E-state index contributed by atoms with van der Waals surface area (Å²) in [6.45, 7) is 0. The highest BCUT2D eigenvalue weighted by molar-refractivity contribution is 6.15. The molecule has 162 valence electrons. The van der Waals surface area contributed by atoms with Crippen molar-refractivity contribution in [1.82, 2.24) is 19.4 Å². The Morgan fingerprint density at radius 2 is 1.60 bits per heavy atom. The highest BCUT2D eigenvalue weighted by Crippen LogP contribution is 2.50. The third-order valence-corrected chi connectivity index (χ3v) is 7.99. The predicted molar refractivity (Wildman–Crippen MR) is 140 cm³/mol. The van der Waals surface area contributed by atoms with Gasteiger partial charge in [0.25, 0.3) is 0 Å². The van der Waals surface area contributed by atoms with Gasteiger partial charge in [-0.2, -0.15) is 0 Å². The molecule has 0 amide bonds. The fraction of sp³-hybridized carbons (Fsp3) is 0.0645. The van der Waals surface area contributed by atoms with Gasteiger partial charge in [-0.1, -0.05) is 48.5 Å². The molecule has 4 aromatic heterocycles. The lowest BCUT2D eigenvalue weighted by molar-refractivity contribution is 1.23.